The first-order chi connectivity index (χ1) is 17.4. The number of halogens is 2. The SMILES string of the molecule is O=C(COc1ccc(/C=C2\SC(=O)N(CCOc3ccccc3)C2=O)cc1Cl)Nc1ccc(Cl)cc1. The van der Waals surface area contributed by atoms with Gasteiger partial charge >= 0.3 is 0 Å². The van der Waals surface area contributed by atoms with E-state index in [0.717, 1.165) is 16.7 Å². The molecular formula is C26H20Cl2N2O5S. The van der Waals surface area contributed by atoms with Gasteiger partial charge in [-0.25, -0.2) is 0 Å². The van der Waals surface area contributed by atoms with Gasteiger partial charge < -0.3 is 14.8 Å². The molecule has 1 aliphatic heterocycles. The van der Waals surface area contributed by atoms with Gasteiger partial charge in [0.05, 0.1) is 16.5 Å². The summed E-state index contributed by atoms with van der Waals surface area (Å²) < 4.78 is 11.1. The summed E-state index contributed by atoms with van der Waals surface area (Å²) in [6.07, 6.45) is 1.59. The number of thioether (sulfide) groups is 1. The minimum atomic E-state index is -0.392. The van der Waals surface area contributed by atoms with E-state index in [1.165, 1.54) is 0 Å². The van der Waals surface area contributed by atoms with Gasteiger partial charge in [-0.2, -0.15) is 0 Å². The molecule has 1 aliphatic rings. The number of nitrogens with zero attached hydrogens (tertiary/aromatic N) is 1. The highest BCUT2D eigenvalue weighted by atomic mass is 35.5. The minimum Gasteiger partial charge on any atom is -0.492 e. The standard InChI is InChI=1S/C26H20Cl2N2O5S/c27-18-7-9-19(10-8-18)29-24(31)16-35-22-11-6-17(14-21(22)28)15-23-25(32)30(26(33)36-23)12-13-34-20-4-2-1-3-5-20/h1-11,14-15H,12-13,16H2,(H,29,31)/b23-15-. The molecule has 1 heterocycles. The highest BCUT2D eigenvalue weighted by Crippen LogP contribution is 2.33. The Hall–Kier alpha value is -3.46. The highest BCUT2D eigenvalue weighted by Gasteiger charge is 2.34. The Morgan fingerprint density at radius 3 is 2.44 bits per heavy atom. The second-order valence-corrected chi connectivity index (χ2v) is 9.37. The summed E-state index contributed by atoms with van der Waals surface area (Å²) in [5.41, 5.74) is 1.21. The quantitative estimate of drug-likeness (QED) is 0.327. The molecule has 3 amide bonds. The molecule has 184 valence electrons. The molecule has 1 N–H and O–H groups in total. The van der Waals surface area contributed by atoms with E-state index in [2.05, 4.69) is 5.32 Å². The number of para-hydroxylation sites is 1. The molecule has 0 aliphatic carbocycles. The molecule has 0 aromatic heterocycles. The van der Waals surface area contributed by atoms with Crippen LogP contribution in [-0.4, -0.2) is 41.7 Å². The van der Waals surface area contributed by atoms with Crippen LogP contribution >= 0.6 is 35.0 Å². The third-order valence-corrected chi connectivity index (χ3v) is 6.40. The number of nitrogens with one attached hydrogen (secondary N) is 1. The monoisotopic (exact) mass is 542 g/mol. The average Bonchev–Trinajstić information content (AvgIpc) is 3.13. The zero-order valence-corrected chi connectivity index (χ0v) is 21.1. The number of anilines is 1. The van der Waals surface area contributed by atoms with Gasteiger partial charge in [-0.05, 0) is 71.9 Å². The second-order valence-electron chi connectivity index (χ2n) is 7.53. The summed E-state index contributed by atoms with van der Waals surface area (Å²) in [7, 11) is 0. The Morgan fingerprint density at radius 2 is 1.72 bits per heavy atom. The largest absolute Gasteiger partial charge is 0.492 e. The van der Waals surface area contributed by atoms with Crippen LogP contribution in [0.5, 0.6) is 11.5 Å². The Bertz CT molecular complexity index is 1300. The first kappa shape index (κ1) is 25.6. The number of carbonyl (C=O) groups excluding carboxylic acids is 3. The fourth-order valence-corrected chi connectivity index (χ4v) is 4.45. The van der Waals surface area contributed by atoms with Crippen molar-refractivity contribution < 1.29 is 23.9 Å². The van der Waals surface area contributed by atoms with Crippen LogP contribution < -0.4 is 14.8 Å². The Balaban J connectivity index is 1.32. The molecule has 3 aromatic carbocycles. The van der Waals surface area contributed by atoms with Crippen molar-refractivity contribution in [3.8, 4) is 11.5 Å². The summed E-state index contributed by atoms with van der Waals surface area (Å²) in [5, 5.41) is 3.16. The summed E-state index contributed by atoms with van der Waals surface area (Å²) in [6.45, 7) is 0.0902. The van der Waals surface area contributed by atoms with Crippen molar-refractivity contribution in [2.45, 2.75) is 0 Å². The fourth-order valence-electron chi connectivity index (χ4n) is 3.21. The number of ether oxygens (including phenoxy) is 2. The van der Waals surface area contributed by atoms with E-state index >= 15 is 0 Å². The van der Waals surface area contributed by atoms with Gasteiger partial charge in [0, 0.05) is 10.7 Å². The van der Waals surface area contributed by atoms with Gasteiger partial charge in [-0.15, -0.1) is 0 Å². The third-order valence-electron chi connectivity index (χ3n) is 4.94. The van der Waals surface area contributed by atoms with Crippen molar-refractivity contribution in [1.82, 2.24) is 4.90 Å². The molecule has 0 atom stereocenters. The number of hydrogen-bond donors (Lipinski definition) is 1. The molecule has 1 saturated heterocycles. The normalized spacial score (nSPS) is 14.3. The highest BCUT2D eigenvalue weighted by molar-refractivity contribution is 8.18. The fraction of sp³-hybridized carbons (Fsp3) is 0.115. The maximum atomic E-state index is 12.7. The lowest BCUT2D eigenvalue weighted by molar-refractivity contribution is -0.123. The average molecular weight is 543 g/mol. The summed E-state index contributed by atoms with van der Waals surface area (Å²) in [5.74, 6) is 0.227. The molecule has 3 aromatic rings. The Morgan fingerprint density at radius 1 is 0.972 bits per heavy atom. The van der Waals surface area contributed by atoms with Gasteiger partial charge in [-0.1, -0.05) is 47.5 Å². The molecular weight excluding hydrogens is 523 g/mol. The van der Waals surface area contributed by atoms with Gasteiger partial charge in [0.1, 0.15) is 18.1 Å². The minimum absolute atomic E-state index is 0.141. The van der Waals surface area contributed by atoms with Crippen molar-refractivity contribution in [3.63, 3.8) is 0 Å². The van der Waals surface area contributed by atoms with Gasteiger partial charge in [0.2, 0.25) is 0 Å². The zero-order valence-electron chi connectivity index (χ0n) is 18.8. The molecule has 10 heteroatoms. The molecule has 0 radical (unpaired) electrons. The summed E-state index contributed by atoms with van der Waals surface area (Å²) >= 11 is 13.0. The zero-order chi connectivity index (χ0) is 25.5. The molecule has 0 unspecified atom stereocenters. The van der Waals surface area contributed by atoms with Crippen LogP contribution in [0.4, 0.5) is 10.5 Å². The van der Waals surface area contributed by atoms with Crippen molar-refractivity contribution in [1.29, 1.82) is 0 Å². The number of benzene rings is 3. The molecule has 7 nitrogen and oxygen atoms in total. The first-order valence-corrected chi connectivity index (χ1v) is 12.4. The van der Waals surface area contributed by atoms with E-state index in [1.807, 2.05) is 18.2 Å². The van der Waals surface area contributed by atoms with Gasteiger partial charge in [-0.3, -0.25) is 19.3 Å². The third kappa shape index (κ3) is 6.81. The summed E-state index contributed by atoms with van der Waals surface area (Å²) in [6, 6.07) is 20.7. The van der Waals surface area contributed by atoms with Gasteiger partial charge in [0.25, 0.3) is 17.1 Å². The van der Waals surface area contributed by atoms with E-state index in [4.69, 9.17) is 32.7 Å². The van der Waals surface area contributed by atoms with Crippen molar-refractivity contribution in [3.05, 3.63) is 93.3 Å². The van der Waals surface area contributed by atoms with Crippen LogP contribution in [0.2, 0.25) is 10.0 Å². The Labute approximate surface area is 222 Å². The molecule has 4 rings (SSSR count). The lowest BCUT2D eigenvalue weighted by atomic mass is 10.2. The molecule has 0 bridgehead atoms. The number of imide groups is 1. The lowest BCUT2D eigenvalue weighted by Gasteiger charge is -2.13. The van der Waals surface area contributed by atoms with Crippen LogP contribution in [0.1, 0.15) is 5.56 Å². The van der Waals surface area contributed by atoms with Crippen LogP contribution in [0.3, 0.4) is 0 Å². The number of hydrogen-bond acceptors (Lipinski definition) is 6. The van der Waals surface area contributed by atoms with E-state index in [0.29, 0.717) is 27.8 Å². The van der Waals surface area contributed by atoms with E-state index in [9.17, 15) is 14.4 Å². The smallest absolute Gasteiger partial charge is 0.293 e. The molecule has 0 spiro atoms. The van der Waals surface area contributed by atoms with Gasteiger partial charge in [0.15, 0.2) is 6.61 Å². The maximum Gasteiger partial charge on any atom is 0.293 e. The lowest BCUT2D eigenvalue weighted by Crippen LogP contribution is -2.32. The van der Waals surface area contributed by atoms with E-state index < -0.39 is 5.91 Å². The summed E-state index contributed by atoms with van der Waals surface area (Å²) in [4.78, 5) is 38.6. The van der Waals surface area contributed by atoms with Crippen molar-refractivity contribution >= 4 is 63.8 Å². The van der Waals surface area contributed by atoms with Crippen molar-refractivity contribution in [2.75, 3.05) is 25.1 Å². The van der Waals surface area contributed by atoms with E-state index in [1.54, 1.807) is 60.7 Å². The van der Waals surface area contributed by atoms with Crippen LogP contribution in [0, 0.1) is 0 Å². The molecule has 36 heavy (non-hydrogen) atoms. The van der Waals surface area contributed by atoms with Crippen LogP contribution in [-0.2, 0) is 9.59 Å². The number of carbonyl (C=O) groups is 3. The maximum absolute atomic E-state index is 12.7. The number of rotatable bonds is 9. The predicted molar refractivity (Wildman–Crippen MR) is 142 cm³/mol. The Kier molecular flexibility index (Phi) is 8.53. The predicted octanol–water partition coefficient (Wildman–Crippen LogP) is 6.13. The van der Waals surface area contributed by atoms with Crippen molar-refractivity contribution in [2.24, 2.45) is 0 Å². The van der Waals surface area contributed by atoms with Crippen LogP contribution in [0.15, 0.2) is 77.7 Å². The van der Waals surface area contributed by atoms with E-state index in [-0.39, 0.29) is 40.8 Å². The molecule has 0 saturated carbocycles. The number of amides is 3. The topological polar surface area (TPSA) is 84.9 Å². The molecule has 1 fully saturated rings. The first-order valence-electron chi connectivity index (χ1n) is 10.8. The van der Waals surface area contributed by atoms with Crippen LogP contribution in [0.25, 0.3) is 6.08 Å². The second kappa shape index (κ2) is 12.0.